The fraction of sp³-hybridized carbons (Fsp3) is 0.346. The minimum Gasteiger partial charge on any atom is -0.508 e. The molecule has 3 atom stereocenters. The SMILES string of the molecule is NC(N)=NCCCC(NC(=O)C(N)Cc1ccc(O)cc1)C(=O)NCC(=O)NC(Cc1ccc(O)cc1)C(=O)O. The summed E-state index contributed by atoms with van der Waals surface area (Å²) >= 11 is 0. The summed E-state index contributed by atoms with van der Waals surface area (Å²) in [5, 5.41) is 35.6. The number of phenolic OH excluding ortho intramolecular Hbond substituents is 2. The molecule has 40 heavy (non-hydrogen) atoms. The Labute approximate surface area is 230 Å². The van der Waals surface area contributed by atoms with E-state index < -0.39 is 48.4 Å². The maximum absolute atomic E-state index is 12.9. The van der Waals surface area contributed by atoms with Crippen LogP contribution in [0.5, 0.6) is 11.5 Å². The number of carbonyl (C=O) groups excluding carboxylic acids is 3. The fourth-order valence-corrected chi connectivity index (χ4v) is 3.63. The van der Waals surface area contributed by atoms with Crippen molar-refractivity contribution in [1.29, 1.82) is 0 Å². The molecule has 0 saturated heterocycles. The quantitative estimate of drug-likeness (QED) is 0.0690. The first kappa shape index (κ1) is 31.4. The van der Waals surface area contributed by atoms with Gasteiger partial charge in [-0.1, -0.05) is 24.3 Å². The number of carbonyl (C=O) groups is 4. The van der Waals surface area contributed by atoms with Crippen LogP contribution >= 0.6 is 0 Å². The van der Waals surface area contributed by atoms with Gasteiger partial charge in [0.1, 0.15) is 23.6 Å². The standard InChI is InChI=1S/C26H35N7O7/c27-19(12-15-3-7-17(34)8-4-15)23(37)33-20(2-1-11-30-26(28)29)24(38)31-14-22(36)32-21(25(39)40)13-16-5-9-18(35)10-6-16/h3-10,19-21,34-35H,1-2,11-14,27H2,(H,31,38)(H,32,36)(H,33,37)(H,39,40)(H4,28,29,30). The molecule has 3 amide bonds. The molecular weight excluding hydrogens is 522 g/mol. The highest BCUT2D eigenvalue weighted by Gasteiger charge is 2.25. The van der Waals surface area contributed by atoms with Gasteiger partial charge >= 0.3 is 5.97 Å². The molecule has 0 bridgehead atoms. The molecule has 216 valence electrons. The van der Waals surface area contributed by atoms with Gasteiger partial charge in [0.15, 0.2) is 5.96 Å². The molecule has 12 N–H and O–H groups in total. The first-order valence-corrected chi connectivity index (χ1v) is 12.4. The van der Waals surface area contributed by atoms with Crippen LogP contribution in [0.2, 0.25) is 0 Å². The van der Waals surface area contributed by atoms with Crippen molar-refractivity contribution in [2.45, 2.75) is 43.8 Å². The lowest BCUT2D eigenvalue weighted by atomic mass is 10.0. The summed E-state index contributed by atoms with van der Waals surface area (Å²) in [7, 11) is 0. The van der Waals surface area contributed by atoms with Crippen molar-refractivity contribution in [2.75, 3.05) is 13.1 Å². The van der Waals surface area contributed by atoms with Gasteiger partial charge in [0, 0.05) is 13.0 Å². The number of benzene rings is 2. The number of carboxylic acid groups (broad SMARTS) is 1. The Hall–Kier alpha value is -4.85. The number of phenols is 2. The Morgan fingerprint density at radius 2 is 1.35 bits per heavy atom. The number of nitrogens with two attached hydrogens (primary N) is 3. The van der Waals surface area contributed by atoms with Crippen LogP contribution in [0.1, 0.15) is 24.0 Å². The number of aromatic hydroxyl groups is 2. The van der Waals surface area contributed by atoms with E-state index in [4.69, 9.17) is 17.2 Å². The second-order valence-electron chi connectivity index (χ2n) is 9.03. The van der Waals surface area contributed by atoms with Crippen LogP contribution in [-0.4, -0.2) is 76.2 Å². The van der Waals surface area contributed by atoms with Crippen LogP contribution in [0.3, 0.4) is 0 Å². The Bertz CT molecular complexity index is 1180. The Morgan fingerprint density at radius 3 is 1.88 bits per heavy atom. The molecule has 0 heterocycles. The van der Waals surface area contributed by atoms with Crippen LogP contribution in [0.4, 0.5) is 0 Å². The highest BCUT2D eigenvalue weighted by atomic mass is 16.4. The van der Waals surface area contributed by atoms with E-state index in [2.05, 4.69) is 20.9 Å². The van der Waals surface area contributed by atoms with E-state index in [0.29, 0.717) is 17.5 Å². The topological polar surface area (TPSA) is 255 Å². The maximum atomic E-state index is 12.9. The lowest BCUT2D eigenvalue weighted by molar-refractivity contribution is -0.141. The average molecular weight is 558 g/mol. The number of nitrogens with zero attached hydrogens (tertiary/aromatic N) is 1. The monoisotopic (exact) mass is 557 g/mol. The summed E-state index contributed by atoms with van der Waals surface area (Å²) in [6.07, 6.45) is 0.552. The lowest BCUT2D eigenvalue weighted by Crippen LogP contribution is -2.54. The molecule has 0 radical (unpaired) electrons. The minimum absolute atomic E-state index is 0.0172. The summed E-state index contributed by atoms with van der Waals surface area (Å²) in [6.45, 7) is -0.350. The Morgan fingerprint density at radius 1 is 0.800 bits per heavy atom. The van der Waals surface area contributed by atoms with Gasteiger partial charge in [-0.15, -0.1) is 0 Å². The van der Waals surface area contributed by atoms with E-state index in [0.717, 1.165) is 0 Å². The molecule has 3 unspecified atom stereocenters. The van der Waals surface area contributed by atoms with Gasteiger partial charge in [0.05, 0.1) is 12.6 Å². The number of amides is 3. The second kappa shape index (κ2) is 15.5. The summed E-state index contributed by atoms with van der Waals surface area (Å²) in [5.41, 5.74) is 17.9. The molecular formula is C26H35N7O7. The lowest BCUT2D eigenvalue weighted by Gasteiger charge is -2.21. The van der Waals surface area contributed by atoms with E-state index in [-0.39, 0.29) is 43.3 Å². The third kappa shape index (κ3) is 11.3. The van der Waals surface area contributed by atoms with Crippen LogP contribution in [0.15, 0.2) is 53.5 Å². The van der Waals surface area contributed by atoms with Crippen LogP contribution in [0.25, 0.3) is 0 Å². The molecule has 0 aliphatic rings. The molecule has 0 aliphatic heterocycles. The Kier molecular flexibility index (Phi) is 12.2. The van der Waals surface area contributed by atoms with Gasteiger partial charge < -0.3 is 48.5 Å². The van der Waals surface area contributed by atoms with Crippen molar-refractivity contribution in [3.8, 4) is 11.5 Å². The zero-order chi connectivity index (χ0) is 29.7. The number of aliphatic imine (C=N–C) groups is 1. The third-order valence-corrected chi connectivity index (χ3v) is 5.74. The highest BCUT2D eigenvalue weighted by molar-refractivity contribution is 5.92. The largest absolute Gasteiger partial charge is 0.508 e. The second-order valence-corrected chi connectivity index (χ2v) is 9.03. The van der Waals surface area contributed by atoms with Crippen LogP contribution in [-0.2, 0) is 32.0 Å². The molecule has 0 aromatic heterocycles. The Balaban J connectivity index is 1.97. The zero-order valence-corrected chi connectivity index (χ0v) is 21.7. The van der Waals surface area contributed by atoms with Crippen LogP contribution in [0, 0.1) is 0 Å². The summed E-state index contributed by atoms with van der Waals surface area (Å²) in [6, 6.07) is 8.66. The molecule has 2 aromatic carbocycles. The number of carboxylic acids is 1. The number of aliphatic carboxylic acids is 1. The smallest absolute Gasteiger partial charge is 0.326 e. The van der Waals surface area contributed by atoms with Gasteiger partial charge in [-0.3, -0.25) is 19.4 Å². The first-order valence-electron chi connectivity index (χ1n) is 12.4. The molecule has 0 saturated carbocycles. The van der Waals surface area contributed by atoms with Gasteiger partial charge in [0.2, 0.25) is 17.7 Å². The predicted octanol–water partition coefficient (Wildman–Crippen LogP) is -1.57. The molecule has 2 aromatic rings. The van der Waals surface area contributed by atoms with Crippen molar-refractivity contribution >= 4 is 29.7 Å². The summed E-state index contributed by atoms with van der Waals surface area (Å²) in [4.78, 5) is 53.5. The zero-order valence-electron chi connectivity index (χ0n) is 21.7. The van der Waals surface area contributed by atoms with Gasteiger partial charge in [0.25, 0.3) is 0 Å². The van der Waals surface area contributed by atoms with Gasteiger partial charge in [-0.05, 0) is 54.7 Å². The van der Waals surface area contributed by atoms with E-state index in [1.165, 1.54) is 36.4 Å². The fourth-order valence-electron chi connectivity index (χ4n) is 3.63. The molecule has 0 aliphatic carbocycles. The average Bonchev–Trinajstić information content (AvgIpc) is 2.90. The molecule has 0 fully saturated rings. The molecule has 14 nitrogen and oxygen atoms in total. The van der Waals surface area contributed by atoms with E-state index >= 15 is 0 Å². The summed E-state index contributed by atoms with van der Waals surface area (Å²) in [5.74, 6) is -3.37. The highest BCUT2D eigenvalue weighted by Crippen LogP contribution is 2.12. The van der Waals surface area contributed by atoms with Crippen molar-refractivity contribution < 1.29 is 34.5 Å². The molecule has 14 heteroatoms. The van der Waals surface area contributed by atoms with Crippen LogP contribution < -0.4 is 33.2 Å². The first-order chi connectivity index (χ1) is 18.9. The minimum atomic E-state index is -1.28. The van der Waals surface area contributed by atoms with Crippen molar-refractivity contribution in [3.63, 3.8) is 0 Å². The summed E-state index contributed by atoms with van der Waals surface area (Å²) < 4.78 is 0. The number of hydrogen-bond acceptors (Lipinski definition) is 8. The van der Waals surface area contributed by atoms with Crippen molar-refractivity contribution in [2.24, 2.45) is 22.2 Å². The van der Waals surface area contributed by atoms with Crippen molar-refractivity contribution in [3.05, 3.63) is 59.7 Å². The number of guanidine groups is 1. The van der Waals surface area contributed by atoms with Gasteiger partial charge in [-0.2, -0.15) is 0 Å². The van der Waals surface area contributed by atoms with Crippen molar-refractivity contribution in [1.82, 2.24) is 16.0 Å². The maximum Gasteiger partial charge on any atom is 0.326 e. The molecule has 2 rings (SSSR count). The number of rotatable bonds is 15. The van der Waals surface area contributed by atoms with Gasteiger partial charge in [-0.25, -0.2) is 4.79 Å². The third-order valence-electron chi connectivity index (χ3n) is 5.74. The molecule has 0 spiro atoms. The van der Waals surface area contributed by atoms with E-state index in [1.807, 2.05) is 0 Å². The van der Waals surface area contributed by atoms with E-state index in [9.17, 15) is 34.5 Å². The number of nitrogens with one attached hydrogen (secondary N) is 3. The van der Waals surface area contributed by atoms with E-state index in [1.54, 1.807) is 12.1 Å². The number of hydrogen-bond donors (Lipinski definition) is 9. The normalized spacial score (nSPS) is 12.8. The predicted molar refractivity (Wildman–Crippen MR) is 146 cm³/mol.